The summed E-state index contributed by atoms with van der Waals surface area (Å²) in [4.78, 5) is 6.56. The first-order chi connectivity index (χ1) is 16.0. The predicted octanol–water partition coefficient (Wildman–Crippen LogP) is 6.71. The first kappa shape index (κ1) is 27.2. The van der Waals surface area contributed by atoms with E-state index in [-0.39, 0.29) is 6.23 Å². The van der Waals surface area contributed by atoms with Gasteiger partial charge < -0.3 is 19.1 Å². The van der Waals surface area contributed by atoms with Gasteiger partial charge in [0.15, 0.2) is 0 Å². The molecule has 1 atom stereocenters. The van der Waals surface area contributed by atoms with E-state index in [2.05, 4.69) is 56.1 Å². The summed E-state index contributed by atoms with van der Waals surface area (Å²) < 4.78 is 17.6. The third-order valence-electron chi connectivity index (χ3n) is 5.57. The largest absolute Gasteiger partial charge is 0.493 e. The van der Waals surface area contributed by atoms with Crippen LogP contribution in [0.4, 0.5) is 5.69 Å². The van der Waals surface area contributed by atoms with E-state index in [1.807, 2.05) is 18.4 Å². The van der Waals surface area contributed by atoms with E-state index in [1.165, 1.54) is 18.2 Å². The van der Waals surface area contributed by atoms with E-state index in [9.17, 15) is 0 Å². The minimum absolute atomic E-state index is 0.0727. The SMILES string of the molecule is C=C(/N=C\C=C(/C)C(=C)c1cc(OCCCOCCC)ccc1N(C)C1CCCCO1)SC. The van der Waals surface area contributed by atoms with Gasteiger partial charge in [0, 0.05) is 50.8 Å². The van der Waals surface area contributed by atoms with Crippen molar-refractivity contribution in [2.45, 2.75) is 52.2 Å². The minimum Gasteiger partial charge on any atom is -0.493 e. The van der Waals surface area contributed by atoms with Crippen LogP contribution in [0, 0.1) is 0 Å². The van der Waals surface area contributed by atoms with Crippen molar-refractivity contribution in [3.63, 3.8) is 0 Å². The van der Waals surface area contributed by atoms with Crippen molar-refractivity contribution in [1.82, 2.24) is 0 Å². The lowest BCUT2D eigenvalue weighted by Crippen LogP contribution is -2.37. The van der Waals surface area contributed by atoms with Gasteiger partial charge in [0.1, 0.15) is 12.0 Å². The van der Waals surface area contributed by atoms with Gasteiger partial charge in [-0.3, -0.25) is 4.99 Å². The number of benzene rings is 1. The average Bonchev–Trinajstić information content (AvgIpc) is 2.85. The molecule has 1 unspecified atom stereocenters. The number of rotatable bonds is 14. The van der Waals surface area contributed by atoms with Crippen LogP contribution in [0.2, 0.25) is 0 Å². The fourth-order valence-corrected chi connectivity index (χ4v) is 3.70. The molecule has 0 spiro atoms. The van der Waals surface area contributed by atoms with Gasteiger partial charge in [0.05, 0.1) is 11.6 Å². The normalized spacial score (nSPS) is 16.7. The van der Waals surface area contributed by atoms with Gasteiger partial charge >= 0.3 is 0 Å². The maximum atomic E-state index is 6.04. The van der Waals surface area contributed by atoms with E-state index in [4.69, 9.17) is 14.2 Å². The number of thioether (sulfide) groups is 1. The van der Waals surface area contributed by atoms with E-state index < -0.39 is 0 Å². The van der Waals surface area contributed by atoms with Crippen LogP contribution in [0.5, 0.6) is 5.75 Å². The van der Waals surface area contributed by atoms with E-state index in [0.29, 0.717) is 6.61 Å². The fourth-order valence-electron chi connectivity index (χ4n) is 3.53. The summed E-state index contributed by atoms with van der Waals surface area (Å²) in [6.45, 7) is 15.4. The van der Waals surface area contributed by atoms with Crippen LogP contribution in [0.3, 0.4) is 0 Å². The molecule has 0 saturated carbocycles. The second-order valence-corrected chi connectivity index (χ2v) is 9.01. The van der Waals surface area contributed by atoms with E-state index in [1.54, 1.807) is 6.21 Å². The highest BCUT2D eigenvalue weighted by Crippen LogP contribution is 2.35. The molecular weight excluding hydrogens is 432 g/mol. The van der Waals surface area contributed by atoms with E-state index in [0.717, 1.165) is 78.7 Å². The molecule has 5 nitrogen and oxygen atoms in total. The Labute approximate surface area is 204 Å². The molecule has 1 aliphatic rings. The summed E-state index contributed by atoms with van der Waals surface area (Å²) in [7, 11) is 2.09. The summed E-state index contributed by atoms with van der Waals surface area (Å²) in [6, 6.07) is 6.22. The molecule has 0 aliphatic carbocycles. The molecule has 2 rings (SSSR count). The second kappa shape index (κ2) is 15.0. The molecule has 1 heterocycles. The first-order valence-corrected chi connectivity index (χ1v) is 13.0. The molecule has 0 N–H and O–H groups in total. The third kappa shape index (κ3) is 9.03. The molecule has 1 aliphatic heterocycles. The molecule has 1 saturated heterocycles. The second-order valence-electron chi connectivity index (χ2n) is 8.13. The summed E-state index contributed by atoms with van der Waals surface area (Å²) >= 11 is 1.53. The van der Waals surface area contributed by atoms with Crippen LogP contribution in [0.25, 0.3) is 5.57 Å². The molecule has 1 aromatic carbocycles. The molecule has 0 radical (unpaired) electrons. The third-order valence-corrected chi connectivity index (χ3v) is 6.14. The maximum absolute atomic E-state index is 6.04. The maximum Gasteiger partial charge on any atom is 0.129 e. The summed E-state index contributed by atoms with van der Waals surface area (Å²) in [5.74, 6) is 0.834. The Hall–Kier alpha value is -2.02. The monoisotopic (exact) mass is 472 g/mol. The zero-order valence-corrected chi connectivity index (χ0v) is 21.6. The Morgan fingerprint density at radius 1 is 1.27 bits per heavy atom. The Morgan fingerprint density at radius 3 is 2.79 bits per heavy atom. The molecule has 1 fully saturated rings. The van der Waals surface area contributed by atoms with Crippen LogP contribution >= 0.6 is 11.8 Å². The van der Waals surface area contributed by atoms with Crippen molar-refractivity contribution in [3.8, 4) is 5.75 Å². The van der Waals surface area contributed by atoms with Crippen molar-refractivity contribution >= 4 is 29.2 Å². The highest BCUT2D eigenvalue weighted by molar-refractivity contribution is 8.02. The topological polar surface area (TPSA) is 43.3 Å². The van der Waals surface area contributed by atoms with Crippen LogP contribution in [0.15, 0.2) is 53.0 Å². The van der Waals surface area contributed by atoms with E-state index >= 15 is 0 Å². The Balaban J connectivity index is 2.21. The lowest BCUT2D eigenvalue weighted by Gasteiger charge is -2.34. The van der Waals surface area contributed by atoms with Gasteiger partial charge in [0.2, 0.25) is 0 Å². The van der Waals surface area contributed by atoms with Crippen LogP contribution < -0.4 is 9.64 Å². The van der Waals surface area contributed by atoms with Crippen molar-refractivity contribution in [2.75, 3.05) is 44.6 Å². The van der Waals surface area contributed by atoms with Crippen LogP contribution in [-0.2, 0) is 9.47 Å². The van der Waals surface area contributed by atoms with Crippen LogP contribution in [0.1, 0.15) is 51.5 Å². The quantitative estimate of drug-likeness (QED) is 0.171. The Kier molecular flexibility index (Phi) is 12.4. The lowest BCUT2D eigenvalue weighted by atomic mass is 9.97. The minimum atomic E-state index is 0.0727. The number of ether oxygens (including phenoxy) is 3. The van der Waals surface area contributed by atoms with Crippen molar-refractivity contribution in [1.29, 1.82) is 0 Å². The molecular formula is C27H40N2O3S. The molecule has 1 aromatic rings. The van der Waals surface area contributed by atoms with Crippen molar-refractivity contribution < 1.29 is 14.2 Å². The van der Waals surface area contributed by atoms with Gasteiger partial charge in [-0.25, -0.2) is 0 Å². The molecule has 33 heavy (non-hydrogen) atoms. The number of hydrogen-bond donors (Lipinski definition) is 0. The highest BCUT2D eigenvalue weighted by Gasteiger charge is 2.22. The number of aliphatic imine (C=N–C) groups is 1. The van der Waals surface area contributed by atoms with Crippen LogP contribution in [-0.4, -0.2) is 52.2 Å². The van der Waals surface area contributed by atoms with Gasteiger partial charge in [0.25, 0.3) is 0 Å². The molecule has 0 amide bonds. The highest BCUT2D eigenvalue weighted by atomic mass is 32.2. The molecule has 182 valence electrons. The Morgan fingerprint density at radius 2 is 2.09 bits per heavy atom. The van der Waals surface area contributed by atoms with Gasteiger partial charge in [-0.05, 0) is 74.3 Å². The average molecular weight is 473 g/mol. The fraction of sp³-hybridized carbons (Fsp3) is 0.519. The predicted molar refractivity (Wildman–Crippen MR) is 144 cm³/mol. The zero-order valence-electron chi connectivity index (χ0n) is 20.8. The molecule has 0 bridgehead atoms. The number of nitrogens with zero attached hydrogens (tertiary/aromatic N) is 2. The lowest BCUT2D eigenvalue weighted by molar-refractivity contribution is 0.0173. The molecule has 6 heteroatoms. The van der Waals surface area contributed by atoms with Gasteiger partial charge in [-0.1, -0.05) is 20.1 Å². The zero-order chi connectivity index (χ0) is 24.1. The number of hydrogen-bond acceptors (Lipinski definition) is 6. The van der Waals surface area contributed by atoms with Crippen molar-refractivity contribution in [2.24, 2.45) is 4.99 Å². The smallest absolute Gasteiger partial charge is 0.129 e. The van der Waals surface area contributed by atoms with Gasteiger partial charge in [-0.15, -0.1) is 11.8 Å². The van der Waals surface area contributed by atoms with Crippen molar-refractivity contribution in [3.05, 3.63) is 53.6 Å². The Bertz CT molecular complexity index is 829. The standard InChI is InChI=1S/C27H40N2O3S/c1-7-16-30-17-10-19-31-24-12-13-26(29(5)27-11-8-9-18-32-27)25(20-24)22(3)21(2)14-15-28-23(4)33-6/h12-15,20,27H,3-4,7-11,16-19H2,1-2,5-6H3/b21-14+,28-15-. The van der Waals surface area contributed by atoms with Gasteiger partial charge in [-0.2, -0.15) is 0 Å². The summed E-state index contributed by atoms with van der Waals surface area (Å²) in [5.41, 5.74) is 4.10. The number of allylic oxidation sites excluding steroid dienone is 3. The summed E-state index contributed by atoms with van der Waals surface area (Å²) in [6.07, 6.45) is 11.0. The molecule has 0 aromatic heterocycles. The first-order valence-electron chi connectivity index (χ1n) is 11.8. The number of anilines is 1. The summed E-state index contributed by atoms with van der Waals surface area (Å²) in [5, 5.41) is 0.776.